The number of rotatable bonds is 5. The average Bonchev–Trinajstić information content (AvgIpc) is 2.81. The second kappa shape index (κ2) is 5.59. The summed E-state index contributed by atoms with van der Waals surface area (Å²) in [5, 5.41) is 0. The zero-order valence-corrected chi connectivity index (χ0v) is 9.51. The SMILES string of the molecule is NC(Cc1ncc[nH]1)c1ccccc1OC(F)F. The first-order valence-electron chi connectivity index (χ1n) is 5.44. The lowest BCUT2D eigenvalue weighted by Gasteiger charge is -2.15. The molecule has 1 aromatic heterocycles. The highest BCUT2D eigenvalue weighted by Gasteiger charge is 2.15. The monoisotopic (exact) mass is 253 g/mol. The first kappa shape index (κ1) is 12.5. The van der Waals surface area contributed by atoms with Gasteiger partial charge in [0, 0.05) is 30.4 Å². The van der Waals surface area contributed by atoms with E-state index in [4.69, 9.17) is 5.73 Å². The lowest BCUT2D eigenvalue weighted by molar-refractivity contribution is -0.0506. The fourth-order valence-electron chi connectivity index (χ4n) is 1.72. The van der Waals surface area contributed by atoms with E-state index in [1.54, 1.807) is 30.6 Å². The lowest BCUT2D eigenvalue weighted by atomic mass is 10.0. The van der Waals surface area contributed by atoms with Crippen molar-refractivity contribution in [1.29, 1.82) is 0 Å². The molecule has 1 unspecified atom stereocenters. The molecule has 0 aliphatic heterocycles. The Bertz CT molecular complexity index is 488. The molecule has 4 nitrogen and oxygen atoms in total. The normalized spacial score (nSPS) is 12.7. The standard InChI is InChI=1S/C12H13F2N3O/c13-12(14)18-10-4-2-1-3-8(10)9(15)7-11-16-5-6-17-11/h1-6,9,12H,7,15H2,(H,16,17). The molecular weight excluding hydrogens is 240 g/mol. The topological polar surface area (TPSA) is 63.9 Å². The number of nitrogens with two attached hydrogens (primary N) is 1. The molecule has 0 bridgehead atoms. The van der Waals surface area contributed by atoms with Crippen molar-refractivity contribution in [1.82, 2.24) is 9.97 Å². The Morgan fingerprint density at radius 2 is 2.11 bits per heavy atom. The van der Waals surface area contributed by atoms with Gasteiger partial charge in [-0.3, -0.25) is 0 Å². The number of hydrogen-bond acceptors (Lipinski definition) is 3. The summed E-state index contributed by atoms with van der Waals surface area (Å²) in [6.45, 7) is -2.86. The van der Waals surface area contributed by atoms with Crippen molar-refractivity contribution >= 4 is 0 Å². The molecule has 0 saturated carbocycles. The summed E-state index contributed by atoms with van der Waals surface area (Å²) in [6.07, 6.45) is 3.73. The van der Waals surface area contributed by atoms with E-state index in [9.17, 15) is 8.78 Å². The zero-order chi connectivity index (χ0) is 13.0. The van der Waals surface area contributed by atoms with Gasteiger partial charge in [0.2, 0.25) is 0 Å². The van der Waals surface area contributed by atoms with Crippen molar-refractivity contribution in [3.63, 3.8) is 0 Å². The summed E-state index contributed by atoms with van der Waals surface area (Å²) in [7, 11) is 0. The van der Waals surface area contributed by atoms with Crippen LogP contribution < -0.4 is 10.5 Å². The van der Waals surface area contributed by atoms with Crippen molar-refractivity contribution in [3.05, 3.63) is 48.0 Å². The molecule has 0 aliphatic carbocycles. The number of halogens is 2. The first-order valence-corrected chi connectivity index (χ1v) is 5.44. The number of aromatic amines is 1. The van der Waals surface area contributed by atoms with E-state index in [1.165, 1.54) is 6.07 Å². The number of alkyl halides is 2. The van der Waals surface area contributed by atoms with Crippen LogP contribution >= 0.6 is 0 Å². The molecular formula is C12H13F2N3O. The van der Waals surface area contributed by atoms with Gasteiger partial charge in [-0.1, -0.05) is 18.2 Å². The van der Waals surface area contributed by atoms with Gasteiger partial charge in [-0.25, -0.2) is 4.98 Å². The van der Waals surface area contributed by atoms with E-state index >= 15 is 0 Å². The molecule has 2 rings (SSSR count). The van der Waals surface area contributed by atoms with Crippen LogP contribution in [0.5, 0.6) is 5.75 Å². The molecule has 0 amide bonds. The predicted molar refractivity (Wildman–Crippen MR) is 62.3 cm³/mol. The van der Waals surface area contributed by atoms with Crippen molar-refractivity contribution in [2.75, 3.05) is 0 Å². The molecule has 1 atom stereocenters. The maximum atomic E-state index is 12.3. The fraction of sp³-hybridized carbons (Fsp3) is 0.250. The third-order valence-corrected chi connectivity index (χ3v) is 2.50. The fourth-order valence-corrected chi connectivity index (χ4v) is 1.72. The van der Waals surface area contributed by atoms with Gasteiger partial charge in [0.25, 0.3) is 0 Å². The molecule has 1 aromatic carbocycles. The number of nitrogens with zero attached hydrogens (tertiary/aromatic N) is 1. The van der Waals surface area contributed by atoms with Gasteiger partial charge in [0.05, 0.1) is 0 Å². The number of benzene rings is 1. The molecule has 6 heteroatoms. The van der Waals surface area contributed by atoms with Crippen LogP contribution in [0.3, 0.4) is 0 Å². The van der Waals surface area contributed by atoms with E-state index in [0.717, 1.165) is 0 Å². The van der Waals surface area contributed by atoms with E-state index in [1.807, 2.05) is 0 Å². The number of para-hydroxylation sites is 1. The largest absolute Gasteiger partial charge is 0.434 e. The van der Waals surface area contributed by atoms with E-state index in [2.05, 4.69) is 14.7 Å². The Labute approximate surface area is 103 Å². The second-order valence-corrected chi connectivity index (χ2v) is 3.76. The summed E-state index contributed by atoms with van der Waals surface area (Å²) in [5.74, 6) is 0.806. The smallest absolute Gasteiger partial charge is 0.387 e. The molecule has 3 N–H and O–H groups in total. The van der Waals surface area contributed by atoms with Gasteiger partial charge in [-0.15, -0.1) is 0 Å². The molecule has 0 aliphatic rings. The van der Waals surface area contributed by atoms with Crippen molar-refractivity contribution in [2.24, 2.45) is 5.73 Å². The van der Waals surface area contributed by atoms with Crippen LogP contribution in [0.25, 0.3) is 0 Å². The van der Waals surface area contributed by atoms with Crippen molar-refractivity contribution in [3.8, 4) is 5.75 Å². The van der Waals surface area contributed by atoms with Crippen LogP contribution in [0, 0.1) is 0 Å². The molecule has 1 heterocycles. The Balaban J connectivity index is 2.16. The summed E-state index contributed by atoms with van der Waals surface area (Å²) in [6, 6.07) is 6.05. The third-order valence-electron chi connectivity index (χ3n) is 2.50. The van der Waals surface area contributed by atoms with Gasteiger partial charge in [0.15, 0.2) is 0 Å². The van der Waals surface area contributed by atoms with Gasteiger partial charge in [0.1, 0.15) is 11.6 Å². The summed E-state index contributed by atoms with van der Waals surface area (Å²) < 4.78 is 29.0. The lowest BCUT2D eigenvalue weighted by Crippen LogP contribution is -2.16. The van der Waals surface area contributed by atoms with E-state index in [-0.39, 0.29) is 5.75 Å². The number of aromatic nitrogens is 2. The van der Waals surface area contributed by atoms with Gasteiger partial charge >= 0.3 is 6.61 Å². The molecule has 18 heavy (non-hydrogen) atoms. The van der Waals surface area contributed by atoms with Crippen LogP contribution in [-0.2, 0) is 6.42 Å². The van der Waals surface area contributed by atoms with Crippen LogP contribution in [0.15, 0.2) is 36.7 Å². The highest BCUT2D eigenvalue weighted by Crippen LogP contribution is 2.26. The molecule has 2 aromatic rings. The Morgan fingerprint density at radius 3 is 2.78 bits per heavy atom. The van der Waals surface area contributed by atoms with Crippen LogP contribution in [-0.4, -0.2) is 16.6 Å². The molecule has 0 fully saturated rings. The minimum Gasteiger partial charge on any atom is -0.434 e. The Morgan fingerprint density at radius 1 is 1.33 bits per heavy atom. The zero-order valence-electron chi connectivity index (χ0n) is 9.51. The Hall–Kier alpha value is -1.95. The van der Waals surface area contributed by atoms with Crippen molar-refractivity contribution in [2.45, 2.75) is 19.1 Å². The minimum atomic E-state index is -2.86. The highest BCUT2D eigenvalue weighted by molar-refractivity contribution is 5.36. The van der Waals surface area contributed by atoms with E-state index in [0.29, 0.717) is 17.8 Å². The second-order valence-electron chi connectivity index (χ2n) is 3.76. The van der Waals surface area contributed by atoms with Gasteiger partial charge in [-0.05, 0) is 6.07 Å². The van der Waals surface area contributed by atoms with Crippen LogP contribution in [0.2, 0.25) is 0 Å². The van der Waals surface area contributed by atoms with Crippen LogP contribution in [0.1, 0.15) is 17.4 Å². The van der Waals surface area contributed by atoms with Crippen LogP contribution in [0.4, 0.5) is 8.78 Å². The van der Waals surface area contributed by atoms with E-state index < -0.39 is 12.7 Å². The van der Waals surface area contributed by atoms with Gasteiger partial charge < -0.3 is 15.5 Å². The molecule has 0 radical (unpaired) electrons. The quantitative estimate of drug-likeness (QED) is 0.859. The van der Waals surface area contributed by atoms with Crippen molar-refractivity contribution < 1.29 is 13.5 Å². The molecule has 0 saturated heterocycles. The number of H-pyrrole nitrogens is 1. The molecule has 96 valence electrons. The predicted octanol–water partition coefficient (Wildman–Crippen LogP) is 2.25. The average molecular weight is 253 g/mol. The first-order chi connectivity index (χ1) is 8.66. The maximum absolute atomic E-state index is 12.3. The van der Waals surface area contributed by atoms with Gasteiger partial charge in [-0.2, -0.15) is 8.78 Å². The molecule has 0 spiro atoms. The number of hydrogen-bond donors (Lipinski definition) is 2. The number of ether oxygens (including phenoxy) is 1. The maximum Gasteiger partial charge on any atom is 0.387 e. The summed E-state index contributed by atoms with van der Waals surface area (Å²) in [5.41, 5.74) is 6.51. The highest BCUT2D eigenvalue weighted by atomic mass is 19.3. The minimum absolute atomic E-state index is 0.103. The number of imidazole rings is 1. The third kappa shape index (κ3) is 3.04. The summed E-state index contributed by atoms with van der Waals surface area (Å²) >= 11 is 0. The Kier molecular flexibility index (Phi) is 3.88. The summed E-state index contributed by atoms with van der Waals surface area (Å²) in [4.78, 5) is 6.97. The number of nitrogens with one attached hydrogen (secondary N) is 1.